The molecule has 1 heterocycles. The molecule has 1 aliphatic heterocycles. The monoisotopic (exact) mass is 326 g/mol. The Morgan fingerprint density at radius 3 is 2.35 bits per heavy atom. The Balaban J connectivity index is 1.99. The minimum Gasteiger partial charge on any atom is -0.462 e. The van der Waals surface area contributed by atoms with E-state index < -0.39 is 37.3 Å². The second kappa shape index (κ2) is 7.85. The summed E-state index contributed by atoms with van der Waals surface area (Å²) in [6.45, 7) is 1.03. The third kappa shape index (κ3) is 4.49. The molecule has 0 saturated carbocycles. The predicted octanol–water partition coefficient (Wildman–Crippen LogP) is -0.613. The van der Waals surface area contributed by atoms with Crippen LogP contribution in [0.2, 0.25) is 0 Å². The number of carbonyl (C=O) groups is 1. The fraction of sp³-hybridized carbons (Fsp3) is 0.562. The van der Waals surface area contributed by atoms with Gasteiger partial charge in [0, 0.05) is 6.42 Å². The number of carbonyl (C=O) groups excluding carboxylic acids is 1. The number of aryl methyl sites for hydroxylation is 1. The Bertz CT molecular complexity index is 514. The first-order valence-electron chi connectivity index (χ1n) is 7.48. The Labute approximate surface area is 134 Å². The van der Waals surface area contributed by atoms with Crippen LogP contribution in [0.1, 0.15) is 18.9 Å². The molecule has 7 nitrogen and oxygen atoms in total. The van der Waals surface area contributed by atoms with Crippen molar-refractivity contribution in [1.29, 1.82) is 0 Å². The van der Waals surface area contributed by atoms with Crippen molar-refractivity contribution in [3.05, 3.63) is 29.8 Å². The van der Waals surface area contributed by atoms with Gasteiger partial charge in [-0.3, -0.25) is 0 Å². The predicted molar refractivity (Wildman–Crippen MR) is 79.8 cm³/mol. The lowest BCUT2D eigenvalue weighted by Crippen LogP contribution is -2.60. The number of aliphatic hydroxyl groups is 4. The number of Topliss-reactive ketones (excluding diaryl/α,β-unsaturated/α-hetero) is 1. The van der Waals surface area contributed by atoms with Gasteiger partial charge >= 0.3 is 0 Å². The minimum absolute atomic E-state index is 0.117. The molecule has 0 radical (unpaired) electrons. The molecule has 4 N–H and O–H groups in total. The lowest BCUT2D eigenvalue weighted by Gasteiger charge is -2.39. The van der Waals surface area contributed by atoms with Gasteiger partial charge in [0.15, 0.2) is 0 Å². The van der Waals surface area contributed by atoms with E-state index in [1.165, 1.54) is 6.92 Å². The summed E-state index contributed by atoms with van der Waals surface area (Å²) in [6, 6.07) is 6.92. The molecular weight excluding hydrogens is 304 g/mol. The molecule has 0 aliphatic carbocycles. The third-order valence-electron chi connectivity index (χ3n) is 3.79. The van der Waals surface area contributed by atoms with Crippen LogP contribution >= 0.6 is 0 Å². The van der Waals surface area contributed by atoms with Crippen LogP contribution in [-0.4, -0.2) is 63.5 Å². The number of ketones is 1. The molecule has 128 valence electrons. The first-order chi connectivity index (χ1) is 10.9. The van der Waals surface area contributed by atoms with Gasteiger partial charge in [-0.05, 0) is 31.0 Å². The summed E-state index contributed by atoms with van der Waals surface area (Å²) >= 11 is 0. The number of aliphatic hydroxyl groups excluding tert-OH is 4. The number of benzene rings is 1. The van der Waals surface area contributed by atoms with Gasteiger partial charge in [0.1, 0.15) is 35.9 Å². The van der Waals surface area contributed by atoms with Crippen molar-refractivity contribution in [3.63, 3.8) is 0 Å². The smallest absolute Gasteiger partial charge is 0.229 e. The van der Waals surface area contributed by atoms with Crippen LogP contribution in [0.4, 0.5) is 0 Å². The maximum Gasteiger partial charge on any atom is 0.229 e. The molecule has 1 aromatic rings. The number of hydrogen-bond donors (Lipinski definition) is 4. The van der Waals surface area contributed by atoms with E-state index in [0.29, 0.717) is 18.6 Å². The van der Waals surface area contributed by atoms with E-state index in [1.807, 2.05) is 0 Å². The second-order valence-electron chi connectivity index (χ2n) is 5.66. The quantitative estimate of drug-likeness (QED) is 0.551. The number of hydrogen-bond acceptors (Lipinski definition) is 7. The Hall–Kier alpha value is -1.51. The van der Waals surface area contributed by atoms with Crippen LogP contribution in [-0.2, 0) is 16.0 Å². The van der Waals surface area contributed by atoms with E-state index in [1.54, 1.807) is 24.3 Å². The van der Waals surface area contributed by atoms with Crippen LogP contribution < -0.4 is 4.74 Å². The summed E-state index contributed by atoms with van der Waals surface area (Å²) in [5.74, 6) is 0.521. The summed E-state index contributed by atoms with van der Waals surface area (Å²) in [4.78, 5) is 11.0. The number of ether oxygens (including phenoxy) is 2. The topological polar surface area (TPSA) is 116 Å². The van der Waals surface area contributed by atoms with Gasteiger partial charge in [-0.1, -0.05) is 12.1 Å². The highest BCUT2D eigenvalue weighted by atomic mass is 16.7. The maximum atomic E-state index is 11.0. The molecule has 7 heteroatoms. The summed E-state index contributed by atoms with van der Waals surface area (Å²) in [7, 11) is 0. The molecule has 1 fully saturated rings. The second-order valence-corrected chi connectivity index (χ2v) is 5.66. The highest BCUT2D eigenvalue weighted by Crippen LogP contribution is 2.24. The lowest BCUT2D eigenvalue weighted by molar-refractivity contribution is -0.277. The van der Waals surface area contributed by atoms with Crippen molar-refractivity contribution >= 4 is 5.78 Å². The van der Waals surface area contributed by atoms with Crippen molar-refractivity contribution in [2.24, 2.45) is 0 Å². The van der Waals surface area contributed by atoms with E-state index >= 15 is 0 Å². The largest absolute Gasteiger partial charge is 0.462 e. The molecule has 5 atom stereocenters. The first kappa shape index (κ1) is 17.8. The molecule has 2 rings (SSSR count). The summed E-state index contributed by atoms with van der Waals surface area (Å²) < 4.78 is 10.7. The molecule has 1 aliphatic rings. The van der Waals surface area contributed by atoms with Gasteiger partial charge in [-0.2, -0.15) is 0 Å². The average Bonchev–Trinajstić information content (AvgIpc) is 2.54. The van der Waals surface area contributed by atoms with E-state index in [9.17, 15) is 20.1 Å². The molecular formula is C16H22O7. The van der Waals surface area contributed by atoms with Crippen LogP contribution in [0.15, 0.2) is 24.3 Å². The van der Waals surface area contributed by atoms with Crippen molar-refractivity contribution in [2.75, 3.05) is 6.61 Å². The van der Waals surface area contributed by atoms with Gasteiger partial charge in [0.05, 0.1) is 6.61 Å². The molecule has 1 saturated heterocycles. The summed E-state index contributed by atoms with van der Waals surface area (Å²) in [6.07, 6.45) is -5.43. The SMILES string of the molecule is CC(=O)CCc1ccc(OC2OC(CO)C(O)[C@H](O)[C@H]2O)cc1. The van der Waals surface area contributed by atoms with E-state index in [0.717, 1.165) is 5.56 Å². The van der Waals surface area contributed by atoms with Gasteiger partial charge in [0.2, 0.25) is 6.29 Å². The normalized spacial score (nSPS) is 30.9. The third-order valence-corrected chi connectivity index (χ3v) is 3.79. The highest BCUT2D eigenvalue weighted by Gasteiger charge is 2.44. The molecule has 3 unspecified atom stereocenters. The molecule has 0 bridgehead atoms. The fourth-order valence-electron chi connectivity index (χ4n) is 2.35. The van der Waals surface area contributed by atoms with E-state index in [2.05, 4.69) is 0 Å². The minimum atomic E-state index is -1.47. The van der Waals surface area contributed by atoms with Crippen molar-refractivity contribution < 1.29 is 34.7 Å². The lowest BCUT2D eigenvalue weighted by atomic mass is 9.99. The molecule has 0 amide bonds. The summed E-state index contributed by atoms with van der Waals surface area (Å²) in [5.41, 5.74) is 0.973. The summed E-state index contributed by atoms with van der Waals surface area (Å²) in [5, 5.41) is 38.4. The van der Waals surface area contributed by atoms with E-state index in [4.69, 9.17) is 14.6 Å². The highest BCUT2D eigenvalue weighted by molar-refractivity contribution is 5.75. The standard InChI is InChI=1S/C16H22O7/c1-9(18)2-3-10-4-6-11(7-5-10)22-16-15(21)14(20)13(19)12(8-17)23-16/h4-7,12-17,19-21H,2-3,8H2,1H3/t12?,13?,14-,15+,16?/m0/s1. The molecule has 0 aromatic heterocycles. The Morgan fingerprint density at radius 2 is 1.78 bits per heavy atom. The van der Waals surface area contributed by atoms with Crippen LogP contribution in [0.25, 0.3) is 0 Å². The first-order valence-corrected chi connectivity index (χ1v) is 7.48. The zero-order valence-corrected chi connectivity index (χ0v) is 12.8. The van der Waals surface area contributed by atoms with Crippen LogP contribution in [0, 0.1) is 0 Å². The average molecular weight is 326 g/mol. The Kier molecular flexibility index (Phi) is 6.09. The molecule has 23 heavy (non-hydrogen) atoms. The fourth-order valence-corrected chi connectivity index (χ4v) is 2.35. The van der Waals surface area contributed by atoms with Gasteiger partial charge < -0.3 is 34.7 Å². The molecule has 1 aromatic carbocycles. The van der Waals surface area contributed by atoms with Crippen LogP contribution in [0.5, 0.6) is 5.75 Å². The Morgan fingerprint density at radius 1 is 1.13 bits per heavy atom. The van der Waals surface area contributed by atoms with E-state index in [-0.39, 0.29) is 5.78 Å². The van der Waals surface area contributed by atoms with Crippen molar-refractivity contribution in [3.8, 4) is 5.75 Å². The van der Waals surface area contributed by atoms with Crippen LogP contribution in [0.3, 0.4) is 0 Å². The van der Waals surface area contributed by atoms with Gasteiger partial charge in [-0.15, -0.1) is 0 Å². The van der Waals surface area contributed by atoms with Crippen molar-refractivity contribution in [1.82, 2.24) is 0 Å². The van der Waals surface area contributed by atoms with Gasteiger partial charge in [0.25, 0.3) is 0 Å². The van der Waals surface area contributed by atoms with Gasteiger partial charge in [-0.25, -0.2) is 0 Å². The maximum absolute atomic E-state index is 11.0. The number of rotatable bonds is 6. The zero-order valence-electron chi connectivity index (χ0n) is 12.8. The zero-order chi connectivity index (χ0) is 17.0. The molecule has 0 spiro atoms. The van der Waals surface area contributed by atoms with Crippen molar-refractivity contribution in [2.45, 2.75) is 50.5 Å².